The average molecular weight is 462 g/mol. The molecule has 1 aromatic rings. The minimum absolute atomic E-state index is 0.0712. The normalized spacial score (nSPS) is 29.3. The number of aliphatic carboxylic acids is 1. The minimum Gasteiger partial charge on any atom is -0.481 e. The highest BCUT2D eigenvalue weighted by Gasteiger charge is 2.50. The van der Waals surface area contributed by atoms with Crippen LogP contribution in [0.2, 0.25) is 0 Å². The first-order chi connectivity index (χ1) is 15.1. The fourth-order valence-corrected chi connectivity index (χ4v) is 7.53. The molecule has 0 saturated heterocycles. The first-order valence-electron chi connectivity index (χ1n) is 12.0. The van der Waals surface area contributed by atoms with Crippen LogP contribution in [0.15, 0.2) is 0 Å². The number of nitrogens with one attached hydrogen (secondary N) is 1. The highest BCUT2D eigenvalue weighted by molar-refractivity contribution is 7.17. The summed E-state index contributed by atoms with van der Waals surface area (Å²) >= 11 is 1.48. The number of thiophene rings is 1. The zero-order chi connectivity index (χ0) is 23.2. The van der Waals surface area contributed by atoms with Crippen LogP contribution < -0.4 is 5.32 Å². The van der Waals surface area contributed by atoms with E-state index in [1.54, 1.807) is 6.92 Å². The highest BCUT2D eigenvalue weighted by atomic mass is 32.1. The molecular weight excluding hydrogens is 426 g/mol. The van der Waals surface area contributed by atoms with Gasteiger partial charge in [0, 0.05) is 4.88 Å². The SMILES string of the molecule is CCOC(=O)c1c(NC(=O)[C@H]2C3CCC(CC3)[C@H]2C(=O)O)sc2c1CC[C@@H](C(C)(C)C)C2. The Morgan fingerprint density at radius 3 is 2.25 bits per heavy atom. The number of rotatable bonds is 5. The number of hydrogen-bond acceptors (Lipinski definition) is 5. The molecule has 32 heavy (non-hydrogen) atoms. The molecule has 0 radical (unpaired) electrons. The third-order valence-corrected chi connectivity index (χ3v) is 9.18. The molecule has 3 saturated carbocycles. The summed E-state index contributed by atoms with van der Waals surface area (Å²) in [7, 11) is 0. The van der Waals surface area contributed by atoms with Crippen LogP contribution in [0.1, 0.15) is 80.6 Å². The Morgan fingerprint density at radius 2 is 1.69 bits per heavy atom. The second-order valence-electron chi connectivity index (χ2n) is 10.8. The van der Waals surface area contributed by atoms with Gasteiger partial charge in [0.15, 0.2) is 0 Å². The summed E-state index contributed by atoms with van der Waals surface area (Å²) in [6.45, 7) is 8.79. The van der Waals surface area contributed by atoms with E-state index >= 15 is 0 Å². The highest BCUT2D eigenvalue weighted by Crippen LogP contribution is 2.50. The Kier molecular flexibility index (Phi) is 6.40. The largest absolute Gasteiger partial charge is 0.481 e. The Morgan fingerprint density at radius 1 is 1.06 bits per heavy atom. The summed E-state index contributed by atoms with van der Waals surface area (Å²) in [6.07, 6.45) is 6.28. The van der Waals surface area contributed by atoms with Crippen molar-refractivity contribution < 1.29 is 24.2 Å². The predicted octanol–water partition coefficient (Wildman–Crippen LogP) is 5.15. The van der Waals surface area contributed by atoms with Gasteiger partial charge in [-0.2, -0.15) is 0 Å². The van der Waals surface area contributed by atoms with Crippen molar-refractivity contribution in [1.29, 1.82) is 0 Å². The molecule has 5 rings (SSSR count). The summed E-state index contributed by atoms with van der Waals surface area (Å²) in [5.41, 5.74) is 1.66. The van der Waals surface area contributed by atoms with Gasteiger partial charge in [-0.1, -0.05) is 20.8 Å². The number of fused-ring (bicyclic) bond motifs is 4. The lowest BCUT2D eigenvalue weighted by molar-refractivity contribution is -0.156. The van der Waals surface area contributed by atoms with Gasteiger partial charge in [-0.15, -0.1) is 11.3 Å². The third-order valence-electron chi connectivity index (χ3n) is 8.01. The Bertz CT molecular complexity index is 906. The molecule has 0 aromatic carbocycles. The van der Waals surface area contributed by atoms with Crippen molar-refractivity contribution >= 4 is 34.2 Å². The van der Waals surface area contributed by atoms with Crippen molar-refractivity contribution in [2.75, 3.05) is 11.9 Å². The number of carbonyl (C=O) groups excluding carboxylic acids is 2. The Labute approximate surface area is 194 Å². The molecule has 6 nitrogen and oxygen atoms in total. The zero-order valence-electron chi connectivity index (χ0n) is 19.5. The summed E-state index contributed by atoms with van der Waals surface area (Å²) < 4.78 is 5.35. The number of carboxylic acid groups (broad SMARTS) is 1. The zero-order valence-corrected chi connectivity index (χ0v) is 20.3. The van der Waals surface area contributed by atoms with Crippen LogP contribution >= 0.6 is 11.3 Å². The lowest BCUT2D eigenvalue weighted by atomic mass is 9.58. The van der Waals surface area contributed by atoms with Gasteiger partial charge in [0.25, 0.3) is 0 Å². The standard InChI is InChI=1S/C25H35NO5S/c1-5-31-24(30)20-16-11-10-15(25(2,3)4)12-17(16)32-22(20)26-21(27)18-13-6-8-14(9-7-13)19(18)23(28)29/h13-15,18-19H,5-12H2,1-4H3,(H,26,27)(H,28,29)/t13?,14?,15-,18+,19-/m1/s1. The maximum atomic E-state index is 13.4. The molecule has 0 unspecified atom stereocenters. The molecule has 1 aromatic heterocycles. The third kappa shape index (κ3) is 4.20. The fraction of sp³-hybridized carbons (Fsp3) is 0.720. The van der Waals surface area contributed by atoms with Crippen molar-refractivity contribution in [3.8, 4) is 0 Å². The fourth-order valence-electron chi connectivity index (χ4n) is 6.21. The van der Waals surface area contributed by atoms with E-state index in [-0.39, 0.29) is 29.8 Å². The first-order valence-corrected chi connectivity index (χ1v) is 12.8. The van der Waals surface area contributed by atoms with Gasteiger partial charge in [-0.05, 0) is 80.6 Å². The van der Waals surface area contributed by atoms with E-state index in [1.807, 2.05) is 0 Å². The molecule has 2 bridgehead atoms. The Hall–Kier alpha value is -1.89. The van der Waals surface area contributed by atoms with Gasteiger partial charge in [-0.3, -0.25) is 9.59 Å². The number of anilines is 1. The van der Waals surface area contributed by atoms with E-state index in [0.717, 1.165) is 55.4 Å². The lowest BCUT2D eigenvalue weighted by Gasteiger charge is -2.45. The van der Waals surface area contributed by atoms with Crippen molar-refractivity contribution in [2.24, 2.45) is 35.0 Å². The Balaban J connectivity index is 1.64. The average Bonchev–Trinajstić information content (AvgIpc) is 3.10. The maximum absolute atomic E-state index is 13.4. The number of carboxylic acids is 1. The van der Waals surface area contributed by atoms with Gasteiger partial charge in [-0.25, -0.2) is 4.79 Å². The van der Waals surface area contributed by atoms with Crippen LogP contribution in [0, 0.1) is 35.0 Å². The van der Waals surface area contributed by atoms with E-state index in [2.05, 4.69) is 26.1 Å². The van der Waals surface area contributed by atoms with Crippen LogP contribution in [0.4, 0.5) is 5.00 Å². The quantitative estimate of drug-likeness (QED) is 0.592. The molecule has 4 aliphatic rings. The smallest absolute Gasteiger partial charge is 0.341 e. The van der Waals surface area contributed by atoms with E-state index < -0.39 is 23.8 Å². The van der Waals surface area contributed by atoms with Gasteiger partial charge in [0.05, 0.1) is 24.0 Å². The second kappa shape index (κ2) is 8.81. The van der Waals surface area contributed by atoms with E-state index in [9.17, 15) is 19.5 Å². The molecule has 4 aliphatic carbocycles. The number of esters is 1. The molecule has 1 amide bonds. The number of amides is 1. The van der Waals surface area contributed by atoms with Crippen LogP contribution in [-0.4, -0.2) is 29.6 Å². The van der Waals surface area contributed by atoms with Crippen LogP contribution in [0.25, 0.3) is 0 Å². The van der Waals surface area contributed by atoms with Crippen molar-refractivity contribution in [1.82, 2.24) is 0 Å². The van der Waals surface area contributed by atoms with Gasteiger partial charge in [0.1, 0.15) is 5.00 Å². The van der Waals surface area contributed by atoms with E-state index in [0.29, 0.717) is 16.5 Å². The molecule has 1 heterocycles. The minimum atomic E-state index is -0.872. The summed E-state index contributed by atoms with van der Waals surface area (Å²) in [4.78, 5) is 39.5. The lowest BCUT2D eigenvalue weighted by Crippen LogP contribution is -2.49. The number of carbonyl (C=O) groups is 3. The molecule has 3 fully saturated rings. The molecule has 3 atom stereocenters. The van der Waals surface area contributed by atoms with Gasteiger partial charge < -0.3 is 15.2 Å². The molecule has 2 N–H and O–H groups in total. The molecule has 0 aliphatic heterocycles. The summed E-state index contributed by atoms with van der Waals surface area (Å²) in [5.74, 6) is -1.99. The molecular formula is C25H35NO5S. The molecule has 0 spiro atoms. The maximum Gasteiger partial charge on any atom is 0.341 e. The second-order valence-corrected chi connectivity index (χ2v) is 11.9. The van der Waals surface area contributed by atoms with Crippen LogP contribution in [0.5, 0.6) is 0 Å². The van der Waals surface area contributed by atoms with Crippen molar-refractivity contribution in [2.45, 2.75) is 72.6 Å². The predicted molar refractivity (Wildman–Crippen MR) is 124 cm³/mol. The first kappa shape index (κ1) is 23.3. The number of ether oxygens (including phenoxy) is 1. The van der Waals surface area contributed by atoms with E-state index in [4.69, 9.17) is 4.74 Å². The number of hydrogen-bond donors (Lipinski definition) is 2. The van der Waals surface area contributed by atoms with Crippen LogP contribution in [-0.2, 0) is 27.2 Å². The van der Waals surface area contributed by atoms with Gasteiger partial charge in [0.2, 0.25) is 5.91 Å². The van der Waals surface area contributed by atoms with E-state index in [1.165, 1.54) is 11.3 Å². The topological polar surface area (TPSA) is 92.7 Å². The van der Waals surface area contributed by atoms with Crippen molar-refractivity contribution in [3.63, 3.8) is 0 Å². The molecule has 7 heteroatoms. The van der Waals surface area contributed by atoms with Crippen LogP contribution in [0.3, 0.4) is 0 Å². The summed E-state index contributed by atoms with van der Waals surface area (Å²) in [6, 6.07) is 0. The van der Waals surface area contributed by atoms with Gasteiger partial charge >= 0.3 is 11.9 Å². The van der Waals surface area contributed by atoms with Crippen molar-refractivity contribution in [3.05, 3.63) is 16.0 Å². The monoisotopic (exact) mass is 461 g/mol. The molecule has 176 valence electrons. The summed E-state index contributed by atoms with van der Waals surface area (Å²) in [5, 5.41) is 13.4.